The van der Waals surface area contributed by atoms with Crippen molar-refractivity contribution in [3.05, 3.63) is 65.7 Å². The molecule has 0 bridgehead atoms. The zero-order valence-electron chi connectivity index (χ0n) is 19.0. The summed E-state index contributed by atoms with van der Waals surface area (Å²) in [6.45, 7) is 1.09. The van der Waals surface area contributed by atoms with E-state index in [0.29, 0.717) is 31.0 Å². The van der Waals surface area contributed by atoms with Gasteiger partial charge in [0, 0.05) is 49.6 Å². The van der Waals surface area contributed by atoms with E-state index in [-0.39, 0.29) is 24.8 Å². The van der Waals surface area contributed by atoms with Gasteiger partial charge < -0.3 is 11.1 Å². The summed E-state index contributed by atoms with van der Waals surface area (Å²) >= 11 is 0. The van der Waals surface area contributed by atoms with Crippen LogP contribution in [0, 0.1) is 0 Å². The Hall–Kier alpha value is -3.79. The largest absolute Gasteiger partial charge is 0.368 e. The summed E-state index contributed by atoms with van der Waals surface area (Å²) in [5, 5.41) is 2.79. The van der Waals surface area contributed by atoms with Crippen molar-refractivity contribution in [3.8, 4) is 11.1 Å². The maximum atomic E-state index is 13.6. The fourth-order valence-corrected chi connectivity index (χ4v) is 4.46. The van der Waals surface area contributed by atoms with E-state index in [1.54, 1.807) is 17.3 Å². The summed E-state index contributed by atoms with van der Waals surface area (Å²) in [5.74, 6) is -2.85. The van der Waals surface area contributed by atoms with Crippen molar-refractivity contribution in [3.63, 3.8) is 0 Å². The molecule has 0 saturated carbocycles. The lowest BCUT2D eigenvalue weighted by Gasteiger charge is -2.16. The topological polar surface area (TPSA) is 109 Å². The lowest BCUT2D eigenvalue weighted by Crippen LogP contribution is -2.25. The van der Waals surface area contributed by atoms with Gasteiger partial charge in [-0.15, -0.1) is 0 Å². The predicted molar refractivity (Wildman–Crippen MR) is 129 cm³/mol. The number of carbonyl (C=O) groups is 1. The number of hydrogen-bond acceptors (Lipinski definition) is 7. The number of aromatic nitrogens is 3. The number of benzene rings is 1. The van der Waals surface area contributed by atoms with Crippen LogP contribution in [0.3, 0.4) is 0 Å². The highest BCUT2D eigenvalue weighted by Gasteiger charge is 2.37. The molecule has 35 heavy (non-hydrogen) atoms. The summed E-state index contributed by atoms with van der Waals surface area (Å²) in [6, 6.07) is 7.92. The molecule has 2 aromatic heterocycles. The number of halogens is 2. The molecule has 8 nitrogen and oxygen atoms in total. The summed E-state index contributed by atoms with van der Waals surface area (Å²) in [4.78, 5) is 31.6. The first-order valence-electron chi connectivity index (χ1n) is 11.5. The number of aryl methyl sites for hydroxylation is 1. The highest BCUT2D eigenvalue weighted by atomic mass is 19.3. The highest BCUT2D eigenvalue weighted by Crippen LogP contribution is 2.29. The lowest BCUT2D eigenvalue weighted by atomic mass is 9.94. The van der Waals surface area contributed by atoms with Gasteiger partial charge in [-0.05, 0) is 41.7 Å². The van der Waals surface area contributed by atoms with E-state index in [2.05, 4.69) is 25.3 Å². The zero-order valence-corrected chi connectivity index (χ0v) is 19.0. The van der Waals surface area contributed by atoms with E-state index in [4.69, 9.17) is 5.73 Å². The smallest absolute Gasteiger partial charge is 0.274 e. The first kappa shape index (κ1) is 23.0. The van der Waals surface area contributed by atoms with Crippen LogP contribution in [0.5, 0.6) is 0 Å². The predicted octanol–water partition coefficient (Wildman–Crippen LogP) is 3.34. The van der Waals surface area contributed by atoms with Gasteiger partial charge in [0.05, 0.1) is 24.6 Å². The average Bonchev–Trinajstić information content (AvgIpc) is 3.05. The Bertz CT molecular complexity index is 1280. The third-order valence-corrected chi connectivity index (χ3v) is 6.17. The quantitative estimate of drug-likeness (QED) is 0.583. The molecule has 0 atom stereocenters. The van der Waals surface area contributed by atoms with Gasteiger partial charge in [0.1, 0.15) is 5.71 Å². The Morgan fingerprint density at radius 3 is 2.71 bits per heavy atom. The van der Waals surface area contributed by atoms with E-state index in [1.807, 2.05) is 24.3 Å². The lowest BCUT2D eigenvalue weighted by molar-refractivity contribution is -0.110. The first-order chi connectivity index (χ1) is 16.9. The Morgan fingerprint density at radius 2 is 1.94 bits per heavy atom. The number of pyridine rings is 1. The average molecular weight is 478 g/mol. The molecule has 3 N–H and O–H groups in total. The molecule has 180 valence electrons. The molecule has 0 radical (unpaired) electrons. The monoisotopic (exact) mass is 477 g/mol. The zero-order chi connectivity index (χ0) is 24.4. The van der Waals surface area contributed by atoms with Crippen LogP contribution < -0.4 is 11.1 Å². The second-order valence-electron chi connectivity index (χ2n) is 8.89. The number of alkyl halides is 2. The number of aliphatic imine (C=N–C) groups is 1. The van der Waals surface area contributed by atoms with Crippen LogP contribution in [0.4, 0.5) is 20.4 Å². The summed E-state index contributed by atoms with van der Waals surface area (Å²) in [6.07, 6.45) is 7.87. The van der Waals surface area contributed by atoms with Crippen LogP contribution in [0.15, 0.2) is 54.0 Å². The van der Waals surface area contributed by atoms with Gasteiger partial charge in [-0.25, -0.2) is 18.7 Å². The molecule has 3 aromatic rings. The fraction of sp³-hybridized carbons (Fsp3) is 0.320. The van der Waals surface area contributed by atoms with Gasteiger partial charge in [0.2, 0.25) is 5.95 Å². The number of fused-ring (bicyclic) bond motifs is 1. The highest BCUT2D eigenvalue weighted by molar-refractivity contribution is 6.49. The third-order valence-electron chi connectivity index (χ3n) is 6.17. The molecule has 0 unspecified atom stereocenters. The maximum absolute atomic E-state index is 13.6. The number of carbonyl (C=O) groups excluding carboxylic acids is 1. The molecule has 1 aromatic carbocycles. The molecule has 1 amide bonds. The second-order valence-corrected chi connectivity index (χ2v) is 8.89. The summed E-state index contributed by atoms with van der Waals surface area (Å²) in [7, 11) is 0. The van der Waals surface area contributed by atoms with E-state index < -0.39 is 5.92 Å². The fourth-order valence-electron chi connectivity index (χ4n) is 4.46. The molecule has 5 rings (SSSR count). The number of rotatable bonds is 5. The number of hydrogen-bond donors (Lipinski definition) is 2. The minimum Gasteiger partial charge on any atom is -0.368 e. The molecule has 2 aliphatic rings. The standard InChI is InChI=1S/C25H25F2N7O/c26-25(27)5-7-34(15-25)14-16-8-19(11-29-10-16)18-4-3-17-2-1-6-30-22(21(17)9-18)23(35)33-20-12-31-24(28)32-13-20/h3-4,8-13H,1-2,5-7,14-15H2,(H,33,35)(H2,28,31,32). The van der Waals surface area contributed by atoms with Gasteiger partial charge in [-0.3, -0.25) is 19.7 Å². The van der Waals surface area contributed by atoms with E-state index >= 15 is 0 Å². The van der Waals surface area contributed by atoms with Gasteiger partial charge in [0.15, 0.2) is 0 Å². The number of likely N-dealkylation sites (tertiary alicyclic amines) is 1. The van der Waals surface area contributed by atoms with Crippen molar-refractivity contribution in [2.24, 2.45) is 4.99 Å². The molecule has 2 aliphatic heterocycles. The number of nitrogens with zero attached hydrogens (tertiary/aromatic N) is 5. The van der Waals surface area contributed by atoms with E-state index in [9.17, 15) is 13.6 Å². The number of anilines is 2. The van der Waals surface area contributed by atoms with Gasteiger partial charge in [0.25, 0.3) is 11.8 Å². The van der Waals surface area contributed by atoms with Crippen molar-refractivity contribution >= 4 is 23.3 Å². The number of nitrogen functional groups attached to an aromatic ring is 1. The van der Waals surface area contributed by atoms with E-state index in [0.717, 1.165) is 40.7 Å². The normalized spacial score (nSPS) is 17.4. The van der Waals surface area contributed by atoms with E-state index in [1.165, 1.54) is 12.4 Å². The van der Waals surface area contributed by atoms with Gasteiger partial charge >= 0.3 is 0 Å². The SMILES string of the molecule is Nc1ncc(NC(=O)C2=NCCCc3ccc(-c4cncc(CN5CCC(F)(F)C5)c4)cc32)cn1. The second kappa shape index (κ2) is 9.46. The first-order valence-corrected chi connectivity index (χ1v) is 11.5. The number of nitrogens with one attached hydrogen (secondary N) is 1. The van der Waals surface area contributed by atoms with Crippen molar-refractivity contribution in [2.45, 2.75) is 31.7 Å². The molecule has 0 spiro atoms. The van der Waals surface area contributed by atoms with Crippen LogP contribution in [-0.4, -0.2) is 57.0 Å². The minimum absolute atomic E-state index is 0.113. The maximum Gasteiger partial charge on any atom is 0.274 e. The Labute approximate surface area is 201 Å². The molecule has 1 fully saturated rings. The number of amides is 1. The van der Waals surface area contributed by atoms with Crippen LogP contribution in [-0.2, 0) is 17.8 Å². The molecule has 0 aliphatic carbocycles. The van der Waals surface area contributed by atoms with Gasteiger partial charge in [-0.2, -0.15) is 0 Å². The molecular formula is C25H25F2N7O. The molecule has 10 heteroatoms. The van der Waals surface area contributed by atoms with Crippen molar-refractivity contribution in [1.29, 1.82) is 0 Å². The van der Waals surface area contributed by atoms with Crippen molar-refractivity contribution in [1.82, 2.24) is 19.9 Å². The van der Waals surface area contributed by atoms with Crippen LogP contribution >= 0.6 is 0 Å². The minimum atomic E-state index is -2.63. The van der Waals surface area contributed by atoms with Crippen LogP contribution in [0.1, 0.15) is 29.5 Å². The van der Waals surface area contributed by atoms with Crippen LogP contribution in [0.25, 0.3) is 11.1 Å². The Morgan fingerprint density at radius 1 is 1.11 bits per heavy atom. The van der Waals surface area contributed by atoms with Crippen molar-refractivity contribution in [2.75, 3.05) is 30.7 Å². The third kappa shape index (κ3) is 5.32. The summed E-state index contributed by atoms with van der Waals surface area (Å²) in [5.41, 5.74) is 10.7. The summed E-state index contributed by atoms with van der Waals surface area (Å²) < 4.78 is 27.2. The van der Waals surface area contributed by atoms with Crippen LogP contribution in [0.2, 0.25) is 0 Å². The molecule has 1 saturated heterocycles. The number of nitrogens with two attached hydrogens (primary N) is 1. The molecular weight excluding hydrogens is 452 g/mol. The Kier molecular flexibility index (Phi) is 6.21. The molecule has 4 heterocycles. The van der Waals surface area contributed by atoms with Gasteiger partial charge in [-0.1, -0.05) is 12.1 Å². The van der Waals surface area contributed by atoms with Crippen molar-refractivity contribution < 1.29 is 13.6 Å². The Balaban J connectivity index is 1.40.